The third kappa shape index (κ3) is 4.95. The highest BCUT2D eigenvalue weighted by Gasteiger charge is 2.48. The van der Waals surface area contributed by atoms with Crippen molar-refractivity contribution in [2.45, 2.75) is 25.8 Å². The van der Waals surface area contributed by atoms with E-state index in [0.29, 0.717) is 64.6 Å². The van der Waals surface area contributed by atoms with Gasteiger partial charge >= 0.3 is 5.91 Å². The van der Waals surface area contributed by atoms with Gasteiger partial charge in [-0.2, -0.15) is 0 Å². The number of nitrogens with zero attached hydrogens (tertiary/aromatic N) is 2. The molecular formula is C31H28N2O7S. The minimum Gasteiger partial charge on any atom is -0.507 e. The normalized spacial score (nSPS) is 17.7. The Kier molecular flexibility index (Phi) is 7.23. The molecule has 3 aromatic carbocycles. The van der Waals surface area contributed by atoms with E-state index in [4.69, 9.17) is 18.9 Å². The molecule has 6 rings (SSSR count). The number of thiazole rings is 1. The zero-order valence-corrected chi connectivity index (χ0v) is 23.4. The van der Waals surface area contributed by atoms with Gasteiger partial charge in [-0.05, 0) is 60.5 Å². The monoisotopic (exact) mass is 572 g/mol. The van der Waals surface area contributed by atoms with E-state index in [1.54, 1.807) is 43.5 Å². The van der Waals surface area contributed by atoms with Gasteiger partial charge in [-0.25, -0.2) is 4.98 Å². The lowest BCUT2D eigenvalue weighted by molar-refractivity contribution is -0.132. The topological polar surface area (TPSA) is 107 Å². The largest absolute Gasteiger partial charge is 0.507 e. The van der Waals surface area contributed by atoms with Crippen molar-refractivity contribution in [3.05, 3.63) is 77.4 Å². The van der Waals surface area contributed by atoms with Crippen LogP contribution >= 0.6 is 11.3 Å². The number of aromatic nitrogens is 1. The Morgan fingerprint density at radius 2 is 1.88 bits per heavy atom. The number of aliphatic hydroxyl groups excluding tert-OH is 1. The van der Waals surface area contributed by atoms with Gasteiger partial charge in [0.1, 0.15) is 30.5 Å². The lowest BCUT2D eigenvalue weighted by atomic mass is 9.95. The molecule has 1 N–H and O–H groups in total. The van der Waals surface area contributed by atoms with Gasteiger partial charge in [-0.15, -0.1) is 0 Å². The second kappa shape index (κ2) is 11.1. The molecule has 1 atom stereocenters. The van der Waals surface area contributed by atoms with E-state index >= 15 is 0 Å². The van der Waals surface area contributed by atoms with Gasteiger partial charge in [-0.3, -0.25) is 14.5 Å². The number of aliphatic hydroxyl groups is 1. The van der Waals surface area contributed by atoms with Crippen LogP contribution in [0, 0.1) is 0 Å². The van der Waals surface area contributed by atoms with E-state index in [2.05, 4.69) is 11.9 Å². The maximum absolute atomic E-state index is 13.7. The Bertz CT molecular complexity index is 1680. The number of carbonyl (C=O) groups excluding carboxylic acids is 2. The molecule has 0 spiro atoms. The Labute approximate surface area is 240 Å². The molecule has 3 heterocycles. The number of Topliss-reactive ketones (excluding diaryl/α,β-unsaturated/α-hetero) is 1. The average molecular weight is 573 g/mol. The molecule has 10 heteroatoms. The van der Waals surface area contributed by atoms with Gasteiger partial charge in [0, 0.05) is 5.56 Å². The SMILES string of the molecule is CCCCOc1cccc(C2/C(=C(\O)c3ccc4c(c3)OCCO4)C(=O)C(=O)N2c2nc3ccc(OC)cc3s2)c1. The van der Waals surface area contributed by atoms with Crippen LogP contribution in [-0.2, 0) is 9.59 Å². The number of hydrogen-bond donors (Lipinski definition) is 1. The molecule has 1 aromatic heterocycles. The van der Waals surface area contributed by atoms with Crippen molar-refractivity contribution in [2.24, 2.45) is 0 Å². The number of amides is 1. The fraction of sp³-hybridized carbons (Fsp3) is 0.258. The third-order valence-electron chi connectivity index (χ3n) is 6.99. The molecule has 210 valence electrons. The zero-order valence-electron chi connectivity index (χ0n) is 22.6. The molecule has 4 aromatic rings. The average Bonchev–Trinajstić information content (AvgIpc) is 3.54. The first-order chi connectivity index (χ1) is 20.0. The lowest BCUT2D eigenvalue weighted by Gasteiger charge is -2.24. The number of methoxy groups -OCH3 is 1. The molecular weight excluding hydrogens is 544 g/mol. The van der Waals surface area contributed by atoms with Crippen LogP contribution in [0.1, 0.15) is 36.9 Å². The summed E-state index contributed by atoms with van der Waals surface area (Å²) >= 11 is 1.27. The van der Waals surface area contributed by atoms with Crippen molar-refractivity contribution < 1.29 is 33.6 Å². The summed E-state index contributed by atoms with van der Waals surface area (Å²) in [5, 5.41) is 11.9. The molecule has 1 fully saturated rings. The quantitative estimate of drug-likeness (QED) is 0.121. The number of ether oxygens (including phenoxy) is 4. The Hall–Kier alpha value is -4.57. The van der Waals surface area contributed by atoms with Crippen LogP contribution in [0.15, 0.2) is 66.2 Å². The number of carbonyl (C=O) groups is 2. The van der Waals surface area contributed by atoms with Crippen molar-refractivity contribution in [1.82, 2.24) is 4.98 Å². The van der Waals surface area contributed by atoms with E-state index in [-0.39, 0.29) is 11.3 Å². The number of rotatable bonds is 8. The molecule has 1 saturated heterocycles. The molecule has 2 aliphatic heterocycles. The van der Waals surface area contributed by atoms with Crippen LogP contribution in [0.4, 0.5) is 5.13 Å². The third-order valence-corrected chi connectivity index (χ3v) is 8.01. The number of fused-ring (bicyclic) bond motifs is 2. The highest BCUT2D eigenvalue weighted by Crippen LogP contribution is 2.46. The van der Waals surface area contributed by atoms with Crippen LogP contribution in [0.5, 0.6) is 23.0 Å². The van der Waals surface area contributed by atoms with Gasteiger partial charge in [0.15, 0.2) is 16.6 Å². The van der Waals surface area contributed by atoms with E-state index < -0.39 is 17.7 Å². The maximum Gasteiger partial charge on any atom is 0.301 e. The van der Waals surface area contributed by atoms with Gasteiger partial charge in [0.05, 0.1) is 35.5 Å². The fourth-order valence-electron chi connectivity index (χ4n) is 4.92. The first kappa shape index (κ1) is 26.6. The number of unbranched alkanes of at least 4 members (excludes halogenated alkanes) is 1. The molecule has 0 aliphatic carbocycles. The Morgan fingerprint density at radius 1 is 1.05 bits per heavy atom. The molecule has 0 bridgehead atoms. The predicted octanol–water partition coefficient (Wildman–Crippen LogP) is 5.88. The summed E-state index contributed by atoms with van der Waals surface area (Å²) in [7, 11) is 1.58. The summed E-state index contributed by atoms with van der Waals surface area (Å²) in [6.45, 7) is 3.42. The Morgan fingerprint density at radius 3 is 2.68 bits per heavy atom. The van der Waals surface area contributed by atoms with Gasteiger partial charge < -0.3 is 24.1 Å². The predicted molar refractivity (Wildman–Crippen MR) is 155 cm³/mol. The fourth-order valence-corrected chi connectivity index (χ4v) is 5.94. The van der Waals surface area contributed by atoms with Crippen LogP contribution in [0.25, 0.3) is 16.0 Å². The number of hydrogen-bond acceptors (Lipinski definition) is 9. The first-order valence-corrected chi connectivity index (χ1v) is 14.2. The second-order valence-electron chi connectivity index (χ2n) is 9.63. The maximum atomic E-state index is 13.7. The summed E-state index contributed by atoms with van der Waals surface area (Å²) in [5.74, 6) is 0.364. The number of ketones is 1. The minimum absolute atomic E-state index is 0.0470. The molecule has 9 nitrogen and oxygen atoms in total. The van der Waals surface area contributed by atoms with Crippen molar-refractivity contribution in [1.29, 1.82) is 0 Å². The van der Waals surface area contributed by atoms with Crippen LogP contribution in [-0.4, -0.2) is 48.7 Å². The molecule has 0 radical (unpaired) electrons. The molecule has 0 saturated carbocycles. The van der Waals surface area contributed by atoms with Gasteiger partial charge in [0.25, 0.3) is 5.78 Å². The van der Waals surface area contributed by atoms with Crippen LogP contribution in [0.2, 0.25) is 0 Å². The van der Waals surface area contributed by atoms with E-state index in [1.165, 1.54) is 16.2 Å². The van der Waals surface area contributed by atoms with Crippen LogP contribution in [0.3, 0.4) is 0 Å². The number of anilines is 1. The molecule has 1 unspecified atom stereocenters. The van der Waals surface area contributed by atoms with E-state index in [0.717, 1.165) is 17.5 Å². The zero-order chi connectivity index (χ0) is 28.5. The summed E-state index contributed by atoms with van der Waals surface area (Å²) < 4.78 is 23.4. The highest BCUT2D eigenvalue weighted by atomic mass is 32.1. The standard InChI is InChI=1S/C31H28N2O7S/c1-3-4-12-38-21-7-5-6-18(15-21)27-26(28(34)19-8-11-23-24(16-19)40-14-13-39-23)29(35)30(36)33(27)31-32-22-10-9-20(37-2)17-25(22)41-31/h5-11,15-17,27,34H,3-4,12-14H2,1-2H3/b28-26+. The summed E-state index contributed by atoms with van der Waals surface area (Å²) in [5.41, 5.74) is 1.56. The van der Waals surface area contributed by atoms with Crippen molar-refractivity contribution in [3.63, 3.8) is 0 Å². The summed E-state index contributed by atoms with van der Waals surface area (Å²) in [6, 6.07) is 16.7. The molecule has 2 aliphatic rings. The molecule has 41 heavy (non-hydrogen) atoms. The number of benzene rings is 3. The van der Waals surface area contributed by atoms with Gasteiger partial charge in [-0.1, -0.05) is 36.8 Å². The Balaban J connectivity index is 1.50. The van der Waals surface area contributed by atoms with Crippen molar-refractivity contribution >= 4 is 44.1 Å². The summed E-state index contributed by atoms with van der Waals surface area (Å²) in [6.07, 6.45) is 1.87. The highest BCUT2D eigenvalue weighted by molar-refractivity contribution is 7.22. The van der Waals surface area contributed by atoms with Crippen molar-refractivity contribution in [3.8, 4) is 23.0 Å². The lowest BCUT2D eigenvalue weighted by Crippen LogP contribution is -2.29. The summed E-state index contributed by atoms with van der Waals surface area (Å²) in [4.78, 5) is 33.3. The first-order valence-electron chi connectivity index (χ1n) is 13.4. The minimum atomic E-state index is -0.944. The smallest absolute Gasteiger partial charge is 0.301 e. The van der Waals surface area contributed by atoms with E-state index in [1.807, 2.05) is 24.3 Å². The van der Waals surface area contributed by atoms with E-state index in [9.17, 15) is 14.7 Å². The molecule has 1 amide bonds. The van der Waals surface area contributed by atoms with Crippen molar-refractivity contribution in [2.75, 3.05) is 31.8 Å². The van der Waals surface area contributed by atoms with Crippen LogP contribution < -0.4 is 23.8 Å². The second-order valence-corrected chi connectivity index (χ2v) is 10.6. The van der Waals surface area contributed by atoms with Gasteiger partial charge in [0.2, 0.25) is 0 Å².